The molecule has 176 valence electrons. The molecule has 10 heteroatoms. The van der Waals surface area contributed by atoms with Gasteiger partial charge in [0.1, 0.15) is 5.75 Å². The van der Waals surface area contributed by atoms with E-state index in [2.05, 4.69) is 25.9 Å². The Balaban J connectivity index is 1.64. The van der Waals surface area contributed by atoms with Crippen molar-refractivity contribution < 1.29 is 27.5 Å². The summed E-state index contributed by atoms with van der Waals surface area (Å²) in [7, 11) is 0. The largest absolute Gasteiger partial charge is 0.573 e. The highest BCUT2D eigenvalue weighted by molar-refractivity contribution is 6.05. The number of alkyl halides is 3. The normalized spacial score (nSPS) is 11.5. The molecule has 0 aromatic heterocycles. The summed E-state index contributed by atoms with van der Waals surface area (Å²) < 4.78 is 40.5. The number of hydrazone groups is 1. The lowest BCUT2D eigenvalue weighted by Gasteiger charge is -2.11. The zero-order valence-corrected chi connectivity index (χ0v) is 18.0. The molecule has 0 unspecified atom stereocenters. The van der Waals surface area contributed by atoms with Crippen LogP contribution in [0.15, 0.2) is 84.0 Å². The van der Waals surface area contributed by atoms with Crippen molar-refractivity contribution in [2.24, 2.45) is 5.10 Å². The smallest absolute Gasteiger partial charge is 0.406 e. The Kier molecular flexibility index (Phi) is 7.86. The molecule has 0 heterocycles. The second kappa shape index (κ2) is 11.0. The van der Waals surface area contributed by atoms with Crippen molar-refractivity contribution in [1.82, 2.24) is 10.7 Å². The summed E-state index contributed by atoms with van der Waals surface area (Å²) in [6.07, 6.45) is -4.80. The van der Waals surface area contributed by atoms with E-state index in [1.165, 1.54) is 12.1 Å². The molecular formula is C24H21F3N4O3. The summed E-state index contributed by atoms with van der Waals surface area (Å²) in [5.74, 6) is -0.707. The maximum absolute atomic E-state index is 12.4. The van der Waals surface area contributed by atoms with Crippen molar-refractivity contribution in [1.29, 1.82) is 0 Å². The number of carbonyl (C=O) groups excluding carboxylic acids is 2. The molecule has 3 N–H and O–H groups in total. The maximum atomic E-state index is 12.4. The molecule has 3 aromatic rings. The van der Waals surface area contributed by atoms with Gasteiger partial charge in [0, 0.05) is 11.3 Å². The summed E-state index contributed by atoms with van der Waals surface area (Å²) in [6.45, 7) is 1.96. The fourth-order valence-electron chi connectivity index (χ4n) is 2.82. The van der Waals surface area contributed by atoms with E-state index < -0.39 is 18.1 Å². The number of ether oxygens (including phenoxy) is 1. The number of carbonyl (C=O) groups is 2. The van der Waals surface area contributed by atoms with E-state index in [9.17, 15) is 22.8 Å². The summed E-state index contributed by atoms with van der Waals surface area (Å²) in [5.41, 5.74) is 5.15. The molecule has 0 saturated carbocycles. The molecule has 0 saturated heterocycles. The third kappa shape index (κ3) is 7.66. The van der Waals surface area contributed by atoms with Gasteiger partial charge in [-0.2, -0.15) is 5.10 Å². The first-order valence-electron chi connectivity index (χ1n) is 10.1. The van der Waals surface area contributed by atoms with E-state index in [-0.39, 0.29) is 18.1 Å². The number of hydrogen-bond acceptors (Lipinski definition) is 4. The number of halogens is 3. The monoisotopic (exact) mass is 470 g/mol. The minimum absolute atomic E-state index is 0.0421. The van der Waals surface area contributed by atoms with Gasteiger partial charge < -0.3 is 15.4 Å². The van der Waals surface area contributed by atoms with Gasteiger partial charge >= 0.3 is 12.4 Å². The maximum Gasteiger partial charge on any atom is 0.573 e. The van der Waals surface area contributed by atoms with E-state index in [0.29, 0.717) is 16.8 Å². The van der Waals surface area contributed by atoms with Crippen LogP contribution in [0.4, 0.5) is 23.7 Å². The molecule has 0 aliphatic rings. The Hall–Kier alpha value is -4.34. The number of nitrogens with one attached hydrogen (secondary N) is 3. The van der Waals surface area contributed by atoms with Gasteiger partial charge in [0.25, 0.3) is 5.91 Å². The molecular weight excluding hydrogens is 449 g/mol. The summed E-state index contributed by atoms with van der Waals surface area (Å²) >= 11 is 0. The second-order valence-corrected chi connectivity index (χ2v) is 7.11. The number of benzene rings is 3. The van der Waals surface area contributed by atoms with Crippen molar-refractivity contribution in [2.75, 3.05) is 11.9 Å². The first-order chi connectivity index (χ1) is 16.2. The first kappa shape index (κ1) is 24.3. The second-order valence-electron chi connectivity index (χ2n) is 7.11. The van der Waals surface area contributed by atoms with Crippen LogP contribution in [0.25, 0.3) is 0 Å². The van der Waals surface area contributed by atoms with Crippen LogP contribution in [-0.4, -0.2) is 30.6 Å². The number of hydrogen-bond donors (Lipinski definition) is 3. The van der Waals surface area contributed by atoms with Gasteiger partial charge in [0.05, 0.1) is 12.3 Å². The summed E-state index contributed by atoms with van der Waals surface area (Å²) in [5, 5.41) is 9.32. The predicted molar refractivity (Wildman–Crippen MR) is 122 cm³/mol. The topological polar surface area (TPSA) is 91.8 Å². The Labute approximate surface area is 193 Å². The lowest BCUT2D eigenvalue weighted by molar-refractivity contribution is -0.274. The van der Waals surface area contributed by atoms with Gasteiger partial charge in [0.2, 0.25) is 0 Å². The van der Waals surface area contributed by atoms with Gasteiger partial charge in [-0.15, -0.1) is 13.2 Å². The molecule has 0 fully saturated rings. The molecule has 0 atom stereocenters. The third-order valence-corrected chi connectivity index (χ3v) is 4.48. The quantitative estimate of drug-likeness (QED) is 0.341. The van der Waals surface area contributed by atoms with Crippen LogP contribution < -0.4 is 20.8 Å². The van der Waals surface area contributed by atoms with E-state index in [0.717, 1.165) is 17.7 Å². The minimum Gasteiger partial charge on any atom is -0.406 e. The Morgan fingerprint density at radius 2 is 1.53 bits per heavy atom. The molecule has 0 bridgehead atoms. The van der Waals surface area contributed by atoms with Gasteiger partial charge in [0.15, 0.2) is 0 Å². The first-order valence-corrected chi connectivity index (χ1v) is 10.1. The van der Waals surface area contributed by atoms with Crippen molar-refractivity contribution in [3.63, 3.8) is 0 Å². The summed E-state index contributed by atoms with van der Waals surface area (Å²) in [6, 6.07) is 19.9. The van der Waals surface area contributed by atoms with Crippen molar-refractivity contribution in [3.8, 4) is 5.75 Å². The Morgan fingerprint density at radius 1 is 0.882 bits per heavy atom. The minimum atomic E-state index is -4.80. The number of rotatable bonds is 7. The molecule has 34 heavy (non-hydrogen) atoms. The zero-order chi connectivity index (χ0) is 24.6. The van der Waals surface area contributed by atoms with Crippen LogP contribution >= 0.6 is 0 Å². The van der Waals surface area contributed by atoms with E-state index >= 15 is 0 Å². The van der Waals surface area contributed by atoms with Crippen molar-refractivity contribution in [2.45, 2.75) is 13.3 Å². The standard InChI is InChI=1S/C24H21F3N4O3/c1-16-7-9-18(10-8-16)22(32)28-15-21(17-5-3-2-4-6-17)30-31-23(33)29-19-11-13-20(14-12-19)34-24(25,26)27/h2-14H,15H2,1H3,(H,28,32)(H2,29,31,33)/b30-21-. The van der Waals surface area contributed by atoms with E-state index in [4.69, 9.17) is 0 Å². The molecule has 3 rings (SSSR count). The third-order valence-electron chi connectivity index (χ3n) is 4.48. The number of aryl methyl sites for hydroxylation is 1. The van der Waals surface area contributed by atoms with Gasteiger partial charge in [-0.1, -0.05) is 48.0 Å². The average Bonchev–Trinajstić information content (AvgIpc) is 2.80. The number of anilines is 1. The highest BCUT2D eigenvalue weighted by Gasteiger charge is 2.30. The molecule has 0 spiro atoms. The van der Waals surface area contributed by atoms with Crippen LogP contribution in [0.3, 0.4) is 0 Å². The molecule has 3 aromatic carbocycles. The fourth-order valence-corrected chi connectivity index (χ4v) is 2.82. The highest BCUT2D eigenvalue weighted by Crippen LogP contribution is 2.23. The Bertz CT molecular complexity index is 1150. The Morgan fingerprint density at radius 3 is 2.15 bits per heavy atom. The van der Waals surface area contributed by atoms with Gasteiger partial charge in [-0.25, -0.2) is 10.2 Å². The van der Waals surface area contributed by atoms with Gasteiger partial charge in [-0.3, -0.25) is 4.79 Å². The van der Waals surface area contributed by atoms with Gasteiger partial charge in [-0.05, 0) is 48.9 Å². The lowest BCUT2D eigenvalue weighted by Crippen LogP contribution is -2.32. The van der Waals surface area contributed by atoms with Crippen LogP contribution in [-0.2, 0) is 0 Å². The number of nitrogens with zero attached hydrogens (tertiary/aromatic N) is 1. The number of amides is 3. The summed E-state index contributed by atoms with van der Waals surface area (Å²) in [4.78, 5) is 24.7. The van der Waals surface area contributed by atoms with Crippen molar-refractivity contribution >= 4 is 23.3 Å². The highest BCUT2D eigenvalue weighted by atomic mass is 19.4. The molecule has 7 nitrogen and oxygen atoms in total. The van der Waals surface area contributed by atoms with Crippen LogP contribution in [0.5, 0.6) is 5.75 Å². The SMILES string of the molecule is Cc1ccc(C(=O)NC/C(=N/NC(=O)Nc2ccc(OC(F)(F)F)cc2)c2ccccc2)cc1. The average molecular weight is 470 g/mol. The van der Waals surface area contributed by atoms with Crippen LogP contribution in [0.2, 0.25) is 0 Å². The lowest BCUT2D eigenvalue weighted by atomic mass is 10.1. The fraction of sp³-hybridized carbons (Fsp3) is 0.125. The van der Waals surface area contributed by atoms with E-state index in [1.54, 1.807) is 36.4 Å². The zero-order valence-electron chi connectivity index (χ0n) is 18.0. The van der Waals surface area contributed by atoms with Crippen molar-refractivity contribution in [3.05, 3.63) is 95.6 Å². The van der Waals surface area contributed by atoms with Crippen LogP contribution in [0, 0.1) is 6.92 Å². The molecule has 3 amide bonds. The molecule has 0 radical (unpaired) electrons. The molecule has 0 aliphatic carbocycles. The van der Waals surface area contributed by atoms with Crippen LogP contribution in [0.1, 0.15) is 21.5 Å². The van der Waals surface area contributed by atoms with E-state index in [1.807, 2.05) is 25.1 Å². The molecule has 0 aliphatic heterocycles. The predicted octanol–water partition coefficient (Wildman–Crippen LogP) is 4.85. The number of urea groups is 1.